The van der Waals surface area contributed by atoms with Crippen LogP contribution in [0.3, 0.4) is 0 Å². The van der Waals surface area contributed by atoms with Crippen molar-refractivity contribution in [2.45, 2.75) is 30.7 Å². The maximum absolute atomic E-state index is 12.9. The Bertz CT molecular complexity index is 1030. The van der Waals surface area contributed by atoms with E-state index in [9.17, 15) is 13.2 Å². The van der Waals surface area contributed by atoms with Gasteiger partial charge in [-0.1, -0.05) is 0 Å². The van der Waals surface area contributed by atoms with Crippen LogP contribution < -0.4 is 19.5 Å². The van der Waals surface area contributed by atoms with E-state index in [0.717, 1.165) is 5.56 Å². The van der Waals surface area contributed by atoms with E-state index in [1.807, 2.05) is 13.0 Å². The zero-order chi connectivity index (χ0) is 23.3. The van der Waals surface area contributed by atoms with Crippen LogP contribution >= 0.6 is 0 Å². The van der Waals surface area contributed by atoms with E-state index in [1.165, 1.54) is 23.5 Å². The highest BCUT2D eigenvalue weighted by molar-refractivity contribution is 7.89. The van der Waals surface area contributed by atoms with Crippen LogP contribution in [0.4, 0.5) is 0 Å². The molecule has 2 aromatic carbocycles. The SMILES string of the molecule is COc1ccc(S(=O)(=O)N2CCC(C(=O)N[C@@H](C)c3cc(OC)ccc3OC)CC2)cc1. The number of nitrogens with one attached hydrogen (secondary N) is 1. The van der Waals surface area contributed by atoms with Gasteiger partial charge in [-0.3, -0.25) is 4.79 Å². The fraction of sp³-hybridized carbons (Fsp3) is 0.435. The number of sulfonamides is 1. The summed E-state index contributed by atoms with van der Waals surface area (Å²) in [6, 6.07) is 11.5. The molecule has 32 heavy (non-hydrogen) atoms. The smallest absolute Gasteiger partial charge is 0.243 e. The van der Waals surface area contributed by atoms with Gasteiger partial charge < -0.3 is 19.5 Å². The molecule has 1 fully saturated rings. The van der Waals surface area contributed by atoms with Gasteiger partial charge in [-0.15, -0.1) is 0 Å². The van der Waals surface area contributed by atoms with E-state index in [1.54, 1.807) is 38.5 Å². The molecule has 1 saturated heterocycles. The first-order chi connectivity index (χ1) is 15.3. The Kier molecular flexibility index (Phi) is 7.63. The fourth-order valence-corrected chi connectivity index (χ4v) is 5.31. The standard InChI is InChI=1S/C23H30N2O6S/c1-16(21-15-19(30-3)7-10-22(21)31-4)24-23(26)17-11-13-25(14-12-17)32(27,28)20-8-5-18(29-2)6-9-20/h5-10,15-17H,11-14H2,1-4H3,(H,24,26)/t16-/m0/s1. The van der Waals surface area contributed by atoms with E-state index >= 15 is 0 Å². The Hall–Kier alpha value is -2.78. The van der Waals surface area contributed by atoms with Crippen molar-refractivity contribution in [3.63, 3.8) is 0 Å². The van der Waals surface area contributed by atoms with E-state index in [2.05, 4.69) is 5.32 Å². The van der Waals surface area contributed by atoms with Crippen molar-refractivity contribution in [2.75, 3.05) is 34.4 Å². The molecule has 2 aromatic rings. The van der Waals surface area contributed by atoms with E-state index in [4.69, 9.17) is 14.2 Å². The number of nitrogens with zero attached hydrogens (tertiary/aromatic N) is 1. The van der Waals surface area contributed by atoms with Crippen molar-refractivity contribution in [3.05, 3.63) is 48.0 Å². The molecule has 1 atom stereocenters. The van der Waals surface area contributed by atoms with Crippen LogP contribution in [0.5, 0.6) is 17.2 Å². The van der Waals surface area contributed by atoms with Crippen LogP contribution in [0.1, 0.15) is 31.4 Å². The first kappa shape index (κ1) is 23.9. The number of piperidine rings is 1. The molecule has 1 N–H and O–H groups in total. The molecule has 0 unspecified atom stereocenters. The third-order valence-corrected chi connectivity index (χ3v) is 7.70. The molecule has 8 nitrogen and oxygen atoms in total. The van der Waals surface area contributed by atoms with Crippen molar-refractivity contribution < 1.29 is 27.4 Å². The average molecular weight is 463 g/mol. The van der Waals surface area contributed by atoms with Crippen molar-refractivity contribution in [1.29, 1.82) is 0 Å². The molecule has 0 spiro atoms. The van der Waals surface area contributed by atoms with Crippen LogP contribution in [0, 0.1) is 5.92 Å². The van der Waals surface area contributed by atoms with Crippen LogP contribution in [0.15, 0.2) is 47.4 Å². The maximum atomic E-state index is 12.9. The number of carbonyl (C=O) groups excluding carboxylic acids is 1. The summed E-state index contributed by atoms with van der Waals surface area (Å²) in [6.45, 7) is 2.48. The lowest BCUT2D eigenvalue weighted by Gasteiger charge is -2.31. The molecule has 0 aliphatic carbocycles. The molecule has 0 aromatic heterocycles. The summed E-state index contributed by atoms with van der Waals surface area (Å²) in [4.78, 5) is 13.1. The molecule has 9 heteroatoms. The van der Waals surface area contributed by atoms with Crippen molar-refractivity contribution in [3.8, 4) is 17.2 Å². The lowest BCUT2D eigenvalue weighted by atomic mass is 9.96. The Labute approximate surface area is 189 Å². The van der Waals surface area contributed by atoms with Gasteiger partial charge in [0.1, 0.15) is 17.2 Å². The number of benzene rings is 2. The van der Waals surface area contributed by atoms with Crippen LogP contribution in [-0.2, 0) is 14.8 Å². The van der Waals surface area contributed by atoms with Gasteiger partial charge >= 0.3 is 0 Å². The number of carbonyl (C=O) groups is 1. The van der Waals surface area contributed by atoms with Crippen LogP contribution in [-0.4, -0.2) is 53.0 Å². The largest absolute Gasteiger partial charge is 0.497 e. The Morgan fingerprint density at radius 2 is 1.56 bits per heavy atom. The second-order valence-corrected chi connectivity index (χ2v) is 9.63. The summed E-state index contributed by atoms with van der Waals surface area (Å²) in [5.74, 6) is 1.60. The molecule has 174 valence electrons. The number of hydrogen-bond donors (Lipinski definition) is 1. The summed E-state index contributed by atoms with van der Waals surface area (Å²) < 4.78 is 43.1. The molecule has 1 heterocycles. The lowest BCUT2D eigenvalue weighted by Crippen LogP contribution is -2.43. The maximum Gasteiger partial charge on any atom is 0.243 e. The highest BCUT2D eigenvalue weighted by Crippen LogP contribution is 2.30. The minimum atomic E-state index is -3.60. The molecule has 1 aliphatic heterocycles. The summed E-state index contributed by atoms with van der Waals surface area (Å²) in [5, 5.41) is 3.03. The summed E-state index contributed by atoms with van der Waals surface area (Å²) >= 11 is 0. The first-order valence-electron chi connectivity index (χ1n) is 10.5. The van der Waals surface area contributed by atoms with Crippen molar-refractivity contribution >= 4 is 15.9 Å². The number of amides is 1. The Balaban J connectivity index is 1.62. The van der Waals surface area contributed by atoms with Gasteiger partial charge in [-0.25, -0.2) is 8.42 Å². The zero-order valence-electron chi connectivity index (χ0n) is 18.8. The van der Waals surface area contributed by atoms with Gasteiger partial charge in [0.25, 0.3) is 0 Å². The van der Waals surface area contributed by atoms with Crippen LogP contribution in [0.2, 0.25) is 0 Å². The van der Waals surface area contributed by atoms with Gasteiger partial charge in [0.2, 0.25) is 15.9 Å². The Morgan fingerprint density at radius 1 is 0.969 bits per heavy atom. The van der Waals surface area contributed by atoms with E-state index in [0.29, 0.717) is 43.2 Å². The van der Waals surface area contributed by atoms with Gasteiger partial charge in [0, 0.05) is 24.6 Å². The molecular formula is C23H30N2O6S. The topological polar surface area (TPSA) is 94.2 Å². The third-order valence-electron chi connectivity index (χ3n) is 5.78. The van der Waals surface area contributed by atoms with E-state index in [-0.39, 0.29) is 22.8 Å². The molecular weight excluding hydrogens is 432 g/mol. The minimum Gasteiger partial charge on any atom is -0.497 e. The predicted octanol–water partition coefficient (Wildman–Crippen LogP) is 2.99. The van der Waals surface area contributed by atoms with Crippen molar-refractivity contribution in [1.82, 2.24) is 9.62 Å². The number of hydrogen-bond acceptors (Lipinski definition) is 6. The minimum absolute atomic E-state index is 0.0936. The normalized spacial score (nSPS) is 16.2. The second kappa shape index (κ2) is 10.2. The summed E-state index contributed by atoms with van der Waals surface area (Å²) in [6.07, 6.45) is 0.923. The first-order valence-corrected chi connectivity index (χ1v) is 11.9. The van der Waals surface area contributed by atoms with Gasteiger partial charge in [-0.2, -0.15) is 4.31 Å². The number of methoxy groups -OCH3 is 3. The van der Waals surface area contributed by atoms with Crippen molar-refractivity contribution in [2.24, 2.45) is 5.92 Å². The molecule has 0 radical (unpaired) electrons. The van der Waals surface area contributed by atoms with Gasteiger partial charge in [0.15, 0.2) is 0 Å². The van der Waals surface area contributed by atoms with Crippen LogP contribution in [0.25, 0.3) is 0 Å². The predicted molar refractivity (Wildman–Crippen MR) is 121 cm³/mol. The van der Waals surface area contributed by atoms with E-state index < -0.39 is 10.0 Å². The zero-order valence-corrected chi connectivity index (χ0v) is 19.6. The Morgan fingerprint density at radius 3 is 2.12 bits per heavy atom. The summed E-state index contributed by atoms with van der Waals surface area (Å²) in [7, 11) is 1.10. The second-order valence-electron chi connectivity index (χ2n) is 7.69. The quantitative estimate of drug-likeness (QED) is 0.648. The highest BCUT2D eigenvalue weighted by Gasteiger charge is 2.32. The molecule has 0 saturated carbocycles. The number of ether oxygens (including phenoxy) is 3. The average Bonchev–Trinajstić information content (AvgIpc) is 2.83. The monoisotopic (exact) mass is 462 g/mol. The third kappa shape index (κ3) is 5.16. The highest BCUT2D eigenvalue weighted by atomic mass is 32.2. The molecule has 1 amide bonds. The van der Waals surface area contributed by atoms with Gasteiger partial charge in [-0.05, 0) is 62.2 Å². The lowest BCUT2D eigenvalue weighted by molar-refractivity contribution is -0.126. The molecule has 3 rings (SSSR count). The molecule has 1 aliphatic rings. The fourth-order valence-electron chi connectivity index (χ4n) is 3.84. The number of rotatable bonds is 8. The van der Waals surface area contributed by atoms with Gasteiger partial charge in [0.05, 0.1) is 32.3 Å². The molecule has 0 bridgehead atoms. The summed E-state index contributed by atoms with van der Waals surface area (Å²) in [5.41, 5.74) is 0.819.